The van der Waals surface area contributed by atoms with Crippen LogP contribution in [0.25, 0.3) is 0 Å². The number of hydrogen-bond donors (Lipinski definition) is 1. The molecule has 1 N–H and O–H groups in total. The van der Waals surface area contributed by atoms with Crippen molar-refractivity contribution in [3.05, 3.63) is 53.9 Å². The topological polar surface area (TPSA) is 54.3 Å². The third-order valence-electron chi connectivity index (χ3n) is 4.61. The van der Waals surface area contributed by atoms with Crippen LogP contribution in [0.5, 0.6) is 0 Å². The third-order valence-corrected chi connectivity index (χ3v) is 4.61. The normalized spacial score (nSPS) is 17.8. The van der Waals surface area contributed by atoms with Crippen molar-refractivity contribution < 1.29 is 9.59 Å². The molecule has 0 aliphatic carbocycles. The number of anilines is 1. The zero-order chi connectivity index (χ0) is 17.1. The fourth-order valence-electron chi connectivity index (χ4n) is 3.34. The predicted molar refractivity (Wildman–Crippen MR) is 94.0 cm³/mol. The summed E-state index contributed by atoms with van der Waals surface area (Å²) < 4.78 is 2.13. The second-order valence-corrected chi connectivity index (χ2v) is 6.35. The second-order valence-electron chi connectivity index (χ2n) is 6.35. The summed E-state index contributed by atoms with van der Waals surface area (Å²) in [6.45, 7) is 2.85. The van der Waals surface area contributed by atoms with Crippen LogP contribution in [0.15, 0.2) is 42.6 Å². The molecule has 0 bridgehead atoms. The van der Waals surface area contributed by atoms with E-state index in [1.807, 2.05) is 19.3 Å². The number of nitrogens with one attached hydrogen (secondary N) is 1. The highest BCUT2D eigenvalue weighted by Crippen LogP contribution is 2.31. The number of amides is 1. The van der Waals surface area contributed by atoms with Gasteiger partial charge < -0.3 is 9.88 Å². The summed E-state index contributed by atoms with van der Waals surface area (Å²) in [5.74, 6) is 0.00189. The van der Waals surface area contributed by atoms with Crippen LogP contribution in [0.2, 0.25) is 0 Å². The van der Waals surface area contributed by atoms with Crippen molar-refractivity contribution in [2.24, 2.45) is 7.05 Å². The number of rotatable bonds is 5. The Hall–Kier alpha value is -2.40. The zero-order valence-corrected chi connectivity index (χ0v) is 14.2. The number of ketones is 1. The number of aromatic nitrogens is 1. The van der Waals surface area contributed by atoms with Crippen LogP contribution < -0.4 is 5.32 Å². The van der Waals surface area contributed by atoms with Crippen molar-refractivity contribution in [2.45, 2.75) is 25.8 Å². The first kappa shape index (κ1) is 16.5. The minimum absolute atomic E-state index is 0.0216. The van der Waals surface area contributed by atoms with Crippen LogP contribution >= 0.6 is 0 Å². The first-order chi connectivity index (χ1) is 11.5. The molecule has 126 valence electrons. The number of nitrogens with zero attached hydrogens (tertiary/aromatic N) is 2. The van der Waals surface area contributed by atoms with E-state index in [1.54, 1.807) is 24.3 Å². The van der Waals surface area contributed by atoms with Gasteiger partial charge in [-0.2, -0.15) is 0 Å². The monoisotopic (exact) mass is 325 g/mol. The maximum absolute atomic E-state index is 12.4. The largest absolute Gasteiger partial charge is 0.353 e. The molecule has 1 aromatic carbocycles. The lowest BCUT2D eigenvalue weighted by Gasteiger charge is -2.24. The van der Waals surface area contributed by atoms with Gasteiger partial charge in [-0.1, -0.05) is 0 Å². The van der Waals surface area contributed by atoms with Gasteiger partial charge in [0.15, 0.2) is 5.78 Å². The minimum Gasteiger partial charge on any atom is -0.353 e. The van der Waals surface area contributed by atoms with Gasteiger partial charge in [-0.3, -0.25) is 14.5 Å². The van der Waals surface area contributed by atoms with Gasteiger partial charge in [0, 0.05) is 30.2 Å². The molecule has 1 aromatic heterocycles. The van der Waals surface area contributed by atoms with E-state index in [-0.39, 0.29) is 11.7 Å². The molecule has 5 heteroatoms. The molecule has 1 saturated heterocycles. The maximum atomic E-state index is 12.4. The molecule has 1 aliphatic rings. The highest BCUT2D eigenvalue weighted by molar-refractivity contribution is 5.96. The highest BCUT2D eigenvalue weighted by atomic mass is 16.2. The quantitative estimate of drug-likeness (QED) is 0.860. The van der Waals surface area contributed by atoms with Crippen molar-refractivity contribution in [2.75, 3.05) is 18.4 Å². The molecule has 1 amide bonds. The van der Waals surface area contributed by atoms with Crippen molar-refractivity contribution in [1.29, 1.82) is 0 Å². The molecule has 0 unspecified atom stereocenters. The van der Waals surface area contributed by atoms with Crippen molar-refractivity contribution in [3.8, 4) is 0 Å². The van der Waals surface area contributed by atoms with E-state index in [0.717, 1.165) is 25.1 Å². The molecule has 0 saturated carbocycles. The number of carbonyl (C=O) groups excluding carboxylic acids is 2. The third kappa shape index (κ3) is 3.57. The van der Waals surface area contributed by atoms with E-state index in [2.05, 4.69) is 20.9 Å². The molecule has 3 rings (SSSR count). The van der Waals surface area contributed by atoms with E-state index in [0.29, 0.717) is 18.2 Å². The summed E-state index contributed by atoms with van der Waals surface area (Å²) in [6.07, 6.45) is 4.23. The number of carbonyl (C=O) groups is 2. The number of benzene rings is 1. The molecule has 1 atom stereocenters. The van der Waals surface area contributed by atoms with E-state index >= 15 is 0 Å². The molecule has 0 radical (unpaired) electrons. The maximum Gasteiger partial charge on any atom is 0.238 e. The highest BCUT2D eigenvalue weighted by Gasteiger charge is 2.28. The van der Waals surface area contributed by atoms with Gasteiger partial charge in [-0.15, -0.1) is 0 Å². The molecule has 2 aromatic rings. The lowest BCUT2D eigenvalue weighted by Crippen LogP contribution is -2.33. The zero-order valence-electron chi connectivity index (χ0n) is 14.2. The Morgan fingerprint density at radius 3 is 2.58 bits per heavy atom. The number of aryl methyl sites for hydroxylation is 1. The summed E-state index contributed by atoms with van der Waals surface area (Å²) >= 11 is 0. The molecular weight excluding hydrogens is 302 g/mol. The number of hydrogen-bond acceptors (Lipinski definition) is 3. The fourth-order valence-corrected chi connectivity index (χ4v) is 3.34. The SMILES string of the molecule is CC(=O)c1ccc(NC(=O)CN2CCC[C@H]2c2cccn2C)cc1. The molecule has 2 heterocycles. The summed E-state index contributed by atoms with van der Waals surface area (Å²) in [6, 6.07) is 11.5. The Labute approximate surface area is 142 Å². The molecular formula is C19H23N3O2. The minimum atomic E-state index is -0.0216. The molecule has 5 nitrogen and oxygen atoms in total. The summed E-state index contributed by atoms with van der Waals surface area (Å²) in [5, 5.41) is 2.92. The Morgan fingerprint density at radius 2 is 1.96 bits per heavy atom. The lowest BCUT2D eigenvalue weighted by atomic mass is 10.1. The van der Waals surface area contributed by atoms with Gasteiger partial charge >= 0.3 is 0 Å². The summed E-state index contributed by atoms with van der Waals surface area (Å²) in [4.78, 5) is 25.9. The molecule has 1 fully saturated rings. The summed E-state index contributed by atoms with van der Waals surface area (Å²) in [5.41, 5.74) is 2.63. The van der Waals surface area contributed by atoms with Crippen LogP contribution in [0.4, 0.5) is 5.69 Å². The second kappa shape index (κ2) is 7.01. The van der Waals surface area contributed by atoms with Gasteiger partial charge in [-0.25, -0.2) is 0 Å². The first-order valence-electron chi connectivity index (χ1n) is 8.31. The Balaban J connectivity index is 1.62. The Morgan fingerprint density at radius 1 is 1.21 bits per heavy atom. The predicted octanol–water partition coefficient (Wildman–Crippen LogP) is 3.00. The van der Waals surface area contributed by atoms with Crippen LogP contribution in [0.3, 0.4) is 0 Å². The Kier molecular flexibility index (Phi) is 4.81. The summed E-state index contributed by atoms with van der Waals surface area (Å²) in [7, 11) is 2.04. The van der Waals surface area contributed by atoms with Gasteiger partial charge in [0.2, 0.25) is 5.91 Å². The van der Waals surface area contributed by atoms with Crippen LogP contribution in [-0.2, 0) is 11.8 Å². The van der Waals surface area contributed by atoms with Gasteiger partial charge in [0.05, 0.1) is 12.6 Å². The average Bonchev–Trinajstić information content (AvgIpc) is 3.16. The molecule has 24 heavy (non-hydrogen) atoms. The van der Waals surface area contributed by atoms with Crippen LogP contribution in [0, 0.1) is 0 Å². The van der Waals surface area contributed by atoms with Crippen molar-refractivity contribution in [3.63, 3.8) is 0 Å². The smallest absolute Gasteiger partial charge is 0.238 e. The average molecular weight is 325 g/mol. The number of Topliss-reactive ketones (excluding diaryl/α,β-unsaturated/α-hetero) is 1. The lowest BCUT2D eigenvalue weighted by molar-refractivity contribution is -0.117. The van der Waals surface area contributed by atoms with Gasteiger partial charge in [0.1, 0.15) is 0 Å². The van der Waals surface area contributed by atoms with E-state index in [1.165, 1.54) is 12.6 Å². The first-order valence-corrected chi connectivity index (χ1v) is 8.31. The van der Waals surface area contributed by atoms with Crippen molar-refractivity contribution >= 4 is 17.4 Å². The van der Waals surface area contributed by atoms with Crippen LogP contribution in [-0.4, -0.2) is 34.2 Å². The standard InChI is InChI=1S/C19H23N3O2/c1-14(23)15-7-9-16(10-8-15)20-19(24)13-22-12-4-6-18(22)17-5-3-11-21(17)2/h3,5,7-11,18H,4,6,12-13H2,1-2H3,(H,20,24)/t18-/m0/s1. The Bertz CT molecular complexity index is 733. The van der Waals surface area contributed by atoms with Crippen molar-refractivity contribution in [1.82, 2.24) is 9.47 Å². The van der Waals surface area contributed by atoms with E-state index < -0.39 is 0 Å². The molecule has 0 spiro atoms. The van der Waals surface area contributed by atoms with Gasteiger partial charge in [0.25, 0.3) is 0 Å². The van der Waals surface area contributed by atoms with Crippen LogP contribution in [0.1, 0.15) is 41.9 Å². The van der Waals surface area contributed by atoms with Gasteiger partial charge in [-0.05, 0) is 62.7 Å². The van der Waals surface area contributed by atoms with E-state index in [4.69, 9.17) is 0 Å². The number of likely N-dealkylation sites (tertiary alicyclic amines) is 1. The van der Waals surface area contributed by atoms with E-state index in [9.17, 15) is 9.59 Å². The fraction of sp³-hybridized carbons (Fsp3) is 0.368. The molecule has 1 aliphatic heterocycles.